The van der Waals surface area contributed by atoms with E-state index in [1.165, 1.54) is 0 Å². The molecule has 1 unspecified atom stereocenters. The Morgan fingerprint density at radius 3 is 2.21 bits per heavy atom. The average Bonchev–Trinajstić information content (AvgIpc) is 2.43. The molecule has 0 bridgehead atoms. The molecule has 0 aromatic rings. The minimum absolute atomic E-state index is 0.0578. The summed E-state index contributed by atoms with van der Waals surface area (Å²) in [6.07, 6.45) is 3.15. The van der Waals surface area contributed by atoms with E-state index < -0.39 is 5.97 Å². The van der Waals surface area contributed by atoms with Gasteiger partial charge in [-0.05, 0) is 45.7 Å². The lowest BCUT2D eigenvalue weighted by molar-refractivity contribution is -0.143. The van der Waals surface area contributed by atoms with Crippen LogP contribution in [0.4, 0.5) is 0 Å². The third-order valence-corrected chi connectivity index (χ3v) is 4.14. The Hall–Kier alpha value is -1.10. The molecular weight excluding hydrogens is 244 g/mol. The molecule has 0 aromatic carbocycles. The summed E-state index contributed by atoms with van der Waals surface area (Å²) in [6, 6.07) is 0.0712. The van der Waals surface area contributed by atoms with Crippen molar-refractivity contribution in [3.8, 4) is 0 Å². The van der Waals surface area contributed by atoms with Gasteiger partial charge < -0.3 is 10.4 Å². The second-order valence-electron chi connectivity index (χ2n) is 5.35. The van der Waals surface area contributed by atoms with Crippen LogP contribution in [0.5, 0.6) is 0 Å². The van der Waals surface area contributed by atoms with Crippen molar-refractivity contribution in [2.75, 3.05) is 13.1 Å². The molecule has 0 spiro atoms. The third-order valence-electron chi connectivity index (χ3n) is 4.14. The summed E-state index contributed by atoms with van der Waals surface area (Å²) >= 11 is 0. The van der Waals surface area contributed by atoms with Crippen LogP contribution < -0.4 is 5.32 Å². The number of piperidine rings is 1. The molecule has 1 amide bonds. The van der Waals surface area contributed by atoms with Gasteiger partial charge in [0.05, 0.1) is 12.0 Å². The highest BCUT2D eigenvalue weighted by Gasteiger charge is 2.29. The van der Waals surface area contributed by atoms with Crippen molar-refractivity contribution in [3.05, 3.63) is 0 Å². The molecule has 5 heteroatoms. The molecule has 1 aliphatic rings. The highest BCUT2D eigenvalue weighted by molar-refractivity contribution is 5.81. The molecular formula is C14H26N2O3. The first-order valence-electron chi connectivity index (χ1n) is 7.26. The number of nitrogens with one attached hydrogen (secondary N) is 1. The van der Waals surface area contributed by atoms with Crippen LogP contribution in [0.1, 0.15) is 46.5 Å². The summed E-state index contributed by atoms with van der Waals surface area (Å²) in [4.78, 5) is 25.1. The van der Waals surface area contributed by atoms with E-state index in [0.29, 0.717) is 25.9 Å². The molecule has 1 rings (SSSR count). The summed E-state index contributed by atoms with van der Waals surface area (Å²) in [5.74, 6) is -0.901. The molecule has 1 atom stereocenters. The zero-order valence-electron chi connectivity index (χ0n) is 12.2. The Labute approximate surface area is 115 Å². The number of carboxylic acid groups (broad SMARTS) is 1. The van der Waals surface area contributed by atoms with Crippen molar-refractivity contribution in [2.45, 2.75) is 58.5 Å². The van der Waals surface area contributed by atoms with Gasteiger partial charge in [-0.1, -0.05) is 13.8 Å². The molecule has 1 heterocycles. The van der Waals surface area contributed by atoms with E-state index in [9.17, 15) is 9.59 Å². The highest BCUT2D eigenvalue weighted by Crippen LogP contribution is 2.19. The first-order valence-corrected chi connectivity index (χ1v) is 7.26. The largest absolute Gasteiger partial charge is 0.481 e. The van der Waals surface area contributed by atoms with Crippen molar-refractivity contribution >= 4 is 11.9 Å². The van der Waals surface area contributed by atoms with Crippen LogP contribution in [-0.2, 0) is 9.59 Å². The van der Waals surface area contributed by atoms with Crippen LogP contribution >= 0.6 is 0 Å². The van der Waals surface area contributed by atoms with Crippen LogP contribution in [0.25, 0.3) is 0 Å². The second-order valence-corrected chi connectivity index (χ2v) is 5.35. The number of aliphatic carboxylic acids is 1. The van der Waals surface area contributed by atoms with Crippen LogP contribution in [0.15, 0.2) is 0 Å². The first-order chi connectivity index (χ1) is 8.99. The number of carbonyl (C=O) groups is 2. The minimum atomic E-state index is -0.714. The highest BCUT2D eigenvalue weighted by atomic mass is 16.4. The van der Waals surface area contributed by atoms with Crippen molar-refractivity contribution in [3.63, 3.8) is 0 Å². The SMILES string of the molecule is CCC(CC)NC(=O)C(C)N1CCC(C(=O)O)CC1. The third kappa shape index (κ3) is 4.49. The van der Waals surface area contributed by atoms with E-state index in [1.807, 2.05) is 6.92 Å². The molecule has 0 aromatic heterocycles. The van der Waals surface area contributed by atoms with Gasteiger partial charge in [-0.3, -0.25) is 14.5 Å². The van der Waals surface area contributed by atoms with Gasteiger partial charge in [0.25, 0.3) is 0 Å². The van der Waals surface area contributed by atoms with E-state index in [1.54, 1.807) is 0 Å². The van der Waals surface area contributed by atoms with Gasteiger partial charge in [-0.25, -0.2) is 0 Å². The molecule has 1 fully saturated rings. The lowest BCUT2D eigenvalue weighted by Crippen LogP contribution is -2.50. The van der Waals surface area contributed by atoms with Gasteiger partial charge in [0.1, 0.15) is 0 Å². The summed E-state index contributed by atoms with van der Waals surface area (Å²) in [5, 5.41) is 12.0. The topological polar surface area (TPSA) is 69.6 Å². The van der Waals surface area contributed by atoms with E-state index in [0.717, 1.165) is 12.8 Å². The van der Waals surface area contributed by atoms with Crippen molar-refractivity contribution in [1.29, 1.82) is 0 Å². The second kappa shape index (κ2) is 7.48. The maximum atomic E-state index is 12.1. The van der Waals surface area contributed by atoms with Crippen LogP contribution in [0.2, 0.25) is 0 Å². The first kappa shape index (κ1) is 16.0. The normalized spacial score (nSPS) is 19.4. The smallest absolute Gasteiger partial charge is 0.306 e. The maximum Gasteiger partial charge on any atom is 0.306 e. The van der Waals surface area contributed by atoms with E-state index in [4.69, 9.17) is 5.11 Å². The van der Waals surface area contributed by atoms with Crippen molar-refractivity contribution in [2.24, 2.45) is 5.92 Å². The Morgan fingerprint density at radius 1 is 1.26 bits per heavy atom. The number of carbonyl (C=O) groups excluding carboxylic acids is 1. The average molecular weight is 270 g/mol. The van der Waals surface area contributed by atoms with Gasteiger partial charge >= 0.3 is 5.97 Å². The monoisotopic (exact) mass is 270 g/mol. The number of hydrogen-bond donors (Lipinski definition) is 2. The van der Waals surface area contributed by atoms with Gasteiger partial charge in [-0.15, -0.1) is 0 Å². The fourth-order valence-electron chi connectivity index (χ4n) is 2.51. The number of amides is 1. The Kier molecular flexibility index (Phi) is 6.28. The molecule has 5 nitrogen and oxygen atoms in total. The molecule has 2 N–H and O–H groups in total. The Bertz CT molecular complexity index is 308. The summed E-state index contributed by atoms with van der Waals surface area (Å²) in [5.41, 5.74) is 0. The summed E-state index contributed by atoms with van der Waals surface area (Å²) < 4.78 is 0. The molecule has 19 heavy (non-hydrogen) atoms. The fraction of sp³-hybridized carbons (Fsp3) is 0.857. The molecule has 0 radical (unpaired) electrons. The number of carboxylic acids is 1. The zero-order chi connectivity index (χ0) is 14.4. The minimum Gasteiger partial charge on any atom is -0.481 e. The molecule has 0 aliphatic carbocycles. The van der Waals surface area contributed by atoms with E-state index >= 15 is 0 Å². The summed E-state index contributed by atoms with van der Waals surface area (Å²) in [7, 11) is 0. The lowest BCUT2D eigenvalue weighted by Gasteiger charge is -2.34. The van der Waals surface area contributed by atoms with Crippen molar-refractivity contribution in [1.82, 2.24) is 10.2 Å². The van der Waals surface area contributed by atoms with Gasteiger partial charge in [-0.2, -0.15) is 0 Å². The Balaban J connectivity index is 2.44. The maximum absolute atomic E-state index is 12.1. The predicted octanol–water partition coefficient (Wildman–Crippen LogP) is 1.48. The lowest BCUT2D eigenvalue weighted by atomic mass is 9.96. The predicted molar refractivity (Wildman–Crippen MR) is 73.9 cm³/mol. The zero-order valence-corrected chi connectivity index (χ0v) is 12.2. The Morgan fingerprint density at radius 2 is 1.79 bits per heavy atom. The van der Waals surface area contributed by atoms with Crippen molar-refractivity contribution < 1.29 is 14.7 Å². The van der Waals surface area contributed by atoms with Crippen LogP contribution in [0.3, 0.4) is 0 Å². The van der Waals surface area contributed by atoms with Gasteiger partial charge in [0, 0.05) is 6.04 Å². The summed E-state index contributed by atoms with van der Waals surface area (Å²) in [6.45, 7) is 7.41. The number of nitrogens with zero attached hydrogens (tertiary/aromatic N) is 1. The number of likely N-dealkylation sites (tertiary alicyclic amines) is 1. The fourth-order valence-corrected chi connectivity index (χ4v) is 2.51. The van der Waals surface area contributed by atoms with Gasteiger partial charge in [0.15, 0.2) is 0 Å². The quantitative estimate of drug-likeness (QED) is 0.767. The van der Waals surface area contributed by atoms with E-state index in [-0.39, 0.29) is 23.9 Å². The van der Waals surface area contributed by atoms with Crippen LogP contribution in [-0.4, -0.2) is 47.1 Å². The molecule has 110 valence electrons. The standard InChI is InChI=1S/C14H26N2O3/c1-4-12(5-2)15-13(17)10(3)16-8-6-11(7-9-16)14(18)19/h10-12H,4-9H2,1-3H3,(H,15,17)(H,18,19). The number of rotatable bonds is 6. The molecule has 1 saturated heterocycles. The number of hydrogen-bond acceptors (Lipinski definition) is 3. The molecule has 1 aliphatic heterocycles. The molecule has 0 saturated carbocycles. The van der Waals surface area contributed by atoms with Crippen LogP contribution in [0, 0.1) is 5.92 Å². The van der Waals surface area contributed by atoms with E-state index in [2.05, 4.69) is 24.1 Å². The van der Waals surface area contributed by atoms with Gasteiger partial charge in [0.2, 0.25) is 5.91 Å².